The summed E-state index contributed by atoms with van der Waals surface area (Å²) in [6.45, 7) is 0. The fourth-order valence-electron chi connectivity index (χ4n) is 2.50. The molecular weight excluding hydrogens is 303 g/mol. The van der Waals surface area contributed by atoms with Gasteiger partial charge in [0.05, 0.1) is 0 Å². The van der Waals surface area contributed by atoms with Crippen molar-refractivity contribution in [3.8, 4) is 0 Å². The van der Waals surface area contributed by atoms with E-state index < -0.39 is 12.0 Å². The number of benzene rings is 2. The van der Waals surface area contributed by atoms with Gasteiger partial charge in [-0.2, -0.15) is 13.2 Å². The first-order valence-corrected chi connectivity index (χ1v) is 6.46. The van der Waals surface area contributed by atoms with E-state index in [-0.39, 0.29) is 5.56 Å². The van der Waals surface area contributed by atoms with E-state index in [1.165, 1.54) is 18.2 Å². The Morgan fingerprint density at radius 1 is 1.05 bits per heavy atom. The van der Waals surface area contributed by atoms with Crippen molar-refractivity contribution in [2.24, 2.45) is 7.05 Å². The predicted octanol–water partition coefficient (Wildman–Crippen LogP) is 4.73. The van der Waals surface area contributed by atoms with E-state index in [1.807, 2.05) is 11.6 Å². The van der Waals surface area contributed by atoms with Gasteiger partial charge in [0, 0.05) is 39.4 Å². The van der Waals surface area contributed by atoms with Crippen LogP contribution in [0.1, 0.15) is 10.4 Å². The number of aromatic nitrogens is 1. The molecule has 2 aromatic carbocycles. The molecule has 0 unspecified atom stereocenters. The van der Waals surface area contributed by atoms with Crippen molar-refractivity contribution < 1.29 is 18.0 Å². The van der Waals surface area contributed by atoms with Crippen molar-refractivity contribution in [3.63, 3.8) is 0 Å². The summed E-state index contributed by atoms with van der Waals surface area (Å²) >= 11 is 5.95. The highest BCUT2D eigenvalue weighted by atomic mass is 35.5. The summed E-state index contributed by atoms with van der Waals surface area (Å²) in [7, 11) is 1.81. The molecule has 0 spiro atoms. The molecule has 0 atom stereocenters. The first kappa shape index (κ1) is 13.9. The predicted molar refractivity (Wildman–Crippen MR) is 75.8 cm³/mol. The van der Waals surface area contributed by atoms with Crippen LogP contribution in [0.2, 0.25) is 5.02 Å². The Hall–Kier alpha value is -2.01. The summed E-state index contributed by atoms with van der Waals surface area (Å²) in [5, 5.41) is 1.78. The largest absolute Gasteiger partial charge is 0.454 e. The molecule has 21 heavy (non-hydrogen) atoms. The standard InChI is InChI=1S/C15H9ClF3NO/c1-20-12-4-2-8(14(21)15(17,18)19)6-10(12)11-7-9(16)3-5-13(11)20/h2-7H,1H3. The van der Waals surface area contributed by atoms with E-state index in [9.17, 15) is 18.0 Å². The number of aryl methyl sites for hydroxylation is 1. The van der Waals surface area contributed by atoms with Gasteiger partial charge in [0.2, 0.25) is 0 Å². The minimum Gasteiger partial charge on any atom is -0.344 e. The first-order valence-electron chi connectivity index (χ1n) is 6.08. The second kappa shape index (κ2) is 4.49. The normalized spacial score (nSPS) is 12.2. The molecule has 1 aromatic heterocycles. The Kier molecular flexibility index (Phi) is 2.99. The third-order valence-electron chi connectivity index (χ3n) is 3.49. The van der Waals surface area contributed by atoms with Crippen LogP contribution in [-0.4, -0.2) is 16.5 Å². The zero-order chi connectivity index (χ0) is 15.4. The lowest BCUT2D eigenvalue weighted by molar-refractivity contribution is -0.0885. The number of ketones is 1. The lowest BCUT2D eigenvalue weighted by Gasteiger charge is -2.05. The number of rotatable bonds is 1. The van der Waals surface area contributed by atoms with Crippen LogP contribution < -0.4 is 0 Å². The molecule has 1 heterocycles. The smallest absolute Gasteiger partial charge is 0.344 e. The molecule has 0 radical (unpaired) electrons. The van der Waals surface area contributed by atoms with Crippen molar-refractivity contribution in [3.05, 3.63) is 47.0 Å². The fraction of sp³-hybridized carbons (Fsp3) is 0.133. The average molecular weight is 312 g/mol. The second-order valence-electron chi connectivity index (χ2n) is 4.78. The van der Waals surface area contributed by atoms with Crippen molar-refractivity contribution in [2.75, 3.05) is 0 Å². The fourth-order valence-corrected chi connectivity index (χ4v) is 2.67. The summed E-state index contributed by atoms with van der Waals surface area (Å²) in [6, 6.07) is 9.17. The van der Waals surface area contributed by atoms with E-state index >= 15 is 0 Å². The lowest BCUT2D eigenvalue weighted by atomic mass is 10.1. The van der Waals surface area contributed by atoms with Crippen LogP contribution in [0, 0.1) is 0 Å². The zero-order valence-electron chi connectivity index (χ0n) is 10.8. The zero-order valence-corrected chi connectivity index (χ0v) is 11.6. The number of hydrogen-bond acceptors (Lipinski definition) is 1. The van der Waals surface area contributed by atoms with Crippen molar-refractivity contribution in [1.29, 1.82) is 0 Å². The lowest BCUT2D eigenvalue weighted by Crippen LogP contribution is -2.22. The molecule has 0 amide bonds. The van der Waals surface area contributed by atoms with E-state index in [0.717, 1.165) is 16.4 Å². The molecule has 3 aromatic rings. The van der Waals surface area contributed by atoms with Gasteiger partial charge in [-0.25, -0.2) is 0 Å². The molecule has 108 valence electrons. The molecule has 0 aliphatic heterocycles. The summed E-state index contributed by atoms with van der Waals surface area (Å²) in [6.07, 6.45) is -4.88. The second-order valence-corrected chi connectivity index (χ2v) is 5.22. The topological polar surface area (TPSA) is 22.0 Å². The molecule has 6 heteroatoms. The van der Waals surface area contributed by atoms with Gasteiger partial charge in [-0.05, 0) is 36.4 Å². The Morgan fingerprint density at radius 3 is 2.24 bits per heavy atom. The quantitative estimate of drug-likeness (QED) is 0.595. The molecule has 0 saturated heterocycles. The van der Waals surface area contributed by atoms with Crippen molar-refractivity contribution in [2.45, 2.75) is 6.18 Å². The van der Waals surface area contributed by atoms with Crippen molar-refractivity contribution in [1.82, 2.24) is 4.57 Å². The Morgan fingerprint density at radius 2 is 1.62 bits per heavy atom. The maximum Gasteiger partial charge on any atom is 0.454 e. The first-order chi connectivity index (χ1) is 9.79. The molecule has 2 nitrogen and oxygen atoms in total. The average Bonchev–Trinajstić information content (AvgIpc) is 2.69. The number of alkyl halides is 3. The van der Waals surface area contributed by atoms with Gasteiger partial charge in [0.25, 0.3) is 5.78 Å². The van der Waals surface area contributed by atoms with E-state index in [1.54, 1.807) is 18.2 Å². The number of Topliss-reactive ketones (excluding diaryl/α,β-unsaturated/α-hetero) is 1. The Labute approximate surface area is 122 Å². The summed E-state index contributed by atoms with van der Waals surface area (Å²) < 4.78 is 39.5. The number of hydrogen-bond donors (Lipinski definition) is 0. The Balaban J connectivity index is 2.33. The number of carbonyl (C=O) groups is 1. The van der Waals surface area contributed by atoms with Gasteiger partial charge < -0.3 is 4.57 Å². The number of nitrogens with zero attached hydrogens (tertiary/aromatic N) is 1. The SMILES string of the molecule is Cn1c2ccc(Cl)cc2c2cc(C(=O)C(F)(F)F)ccc21. The molecule has 3 rings (SSSR count). The van der Waals surface area contributed by atoms with Crippen LogP contribution in [0.5, 0.6) is 0 Å². The molecule has 0 aliphatic rings. The van der Waals surface area contributed by atoms with Crippen LogP contribution in [0.25, 0.3) is 21.8 Å². The van der Waals surface area contributed by atoms with Crippen LogP contribution in [0.3, 0.4) is 0 Å². The molecule has 0 N–H and O–H groups in total. The van der Waals surface area contributed by atoms with E-state index in [4.69, 9.17) is 11.6 Å². The van der Waals surface area contributed by atoms with Crippen molar-refractivity contribution >= 4 is 39.2 Å². The molecule has 0 fully saturated rings. The number of fused-ring (bicyclic) bond motifs is 3. The summed E-state index contributed by atoms with van der Waals surface area (Å²) in [5.74, 6) is -1.84. The number of halogens is 4. The third-order valence-corrected chi connectivity index (χ3v) is 3.72. The van der Waals surface area contributed by atoms with Crippen LogP contribution in [-0.2, 0) is 7.05 Å². The summed E-state index contributed by atoms with van der Waals surface area (Å²) in [5.41, 5.74) is 1.21. The van der Waals surface area contributed by atoms with Crippen LogP contribution in [0.4, 0.5) is 13.2 Å². The molecule has 0 saturated carbocycles. The van der Waals surface area contributed by atoms with E-state index in [2.05, 4.69) is 0 Å². The van der Waals surface area contributed by atoms with Gasteiger partial charge in [0.15, 0.2) is 0 Å². The molecule has 0 bridgehead atoms. The molecular formula is C15H9ClF3NO. The Bertz CT molecular complexity index is 880. The number of carbonyl (C=O) groups excluding carboxylic acids is 1. The minimum atomic E-state index is -4.88. The van der Waals surface area contributed by atoms with Crippen LogP contribution >= 0.6 is 11.6 Å². The molecule has 0 aliphatic carbocycles. The van der Waals surface area contributed by atoms with E-state index in [0.29, 0.717) is 10.4 Å². The minimum absolute atomic E-state index is 0.373. The van der Waals surface area contributed by atoms with Crippen LogP contribution in [0.15, 0.2) is 36.4 Å². The van der Waals surface area contributed by atoms with Gasteiger partial charge in [-0.15, -0.1) is 0 Å². The van der Waals surface area contributed by atoms with Gasteiger partial charge in [-0.1, -0.05) is 11.6 Å². The highest BCUT2D eigenvalue weighted by Gasteiger charge is 2.39. The maximum atomic E-state index is 12.5. The van der Waals surface area contributed by atoms with Gasteiger partial charge in [-0.3, -0.25) is 4.79 Å². The highest BCUT2D eigenvalue weighted by Crippen LogP contribution is 2.32. The van der Waals surface area contributed by atoms with Gasteiger partial charge in [0.1, 0.15) is 0 Å². The monoisotopic (exact) mass is 311 g/mol. The highest BCUT2D eigenvalue weighted by molar-refractivity contribution is 6.32. The maximum absolute atomic E-state index is 12.5. The summed E-state index contributed by atoms with van der Waals surface area (Å²) in [4.78, 5) is 11.4. The van der Waals surface area contributed by atoms with Gasteiger partial charge >= 0.3 is 6.18 Å². The third kappa shape index (κ3) is 2.17.